The Bertz CT molecular complexity index is 750. The number of amides is 2. The summed E-state index contributed by atoms with van der Waals surface area (Å²) in [7, 11) is 1.53. The maximum absolute atomic E-state index is 12.7. The van der Waals surface area contributed by atoms with E-state index in [1.54, 1.807) is 24.8 Å². The minimum atomic E-state index is -0.938. The van der Waals surface area contributed by atoms with E-state index in [0.717, 1.165) is 5.75 Å². The van der Waals surface area contributed by atoms with Gasteiger partial charge in [-0.05, 0) is 18.7 Å². The van der Waals surface area contributed by atoms with Crippen LogP contribution >= 0.6 is 11.8 Å². The Labute approximate surface area is 155 Å². The van der Waals surface area contributed by atoms with Crippen LogP contribution in [0.15, 0.2) is 35.5 Å². The molecule has 0 fully saturated rings. The lowest BCUT2D eigenvalue weighted by atomic mass is 9.94. The van der Waals surface area contributed by atoms with E-state index < -0.39 is 23.0 Å². The highest BCUT2D eigenvalue weighted by atomic mass is 32.2. The molecule has 9 heteroatoms. The van der Waals surface area contributed by atoms with Crippen molar-refractivity contribution in [2.75, 3.05) is 25.2 Å². The Balaban J connectivity index is 2.41. The number of thioether (sulfide) groups is 1. The van der Waals surface area contributed by atoms with Crippen LogP contribution in [-0.2, 0) is 9.53 Å². The molecule has 0 radical (unpaired) electrons. The normalized spacial score (nSPS) is 17.1. The monoisotopic (exact) mass is 379 g/mol. The van der Waals surface area contributed by atoms with Gasteiger partial charge in [-0.1, -0.05) is 19.1 Å². The summed E-state index contributed by atoms with van der Waals surface area (Å²) >= 11 is 1.64. The van der Waals surface area contributed by atoms with E-state index in [1.165, 1.54) is 30.1 Å². The first-order valence-corrected chi connectivity index (χ1v) is 9.27. The van der Waals surface area contributed by atoms with Gasteiger partial charge in [0, 0.05) is 24.6 Å². The molecular weight excluding hydrogens is 358 g/mol. The highest BCUT2D eigenvalue weighted by molar-refractivity contribution is 7.99. The zero-order valence-electron chi connectivity index (χ0n) is 14.9. The molecule has 2 rings (SSSR count). The van der Waals surface area contributed by atoms with E-state index in [-0.39, 0.29) is 23.4 Å². The lowest BCUT2D eigenvalue weighted by Crippen LogP contribution is -2.46. The van der Waals surface area contributed by atoms with Crippen molar-refractivity contribution in [3.8, 4) is 0 Å². The number of carbonyl (C=O) groups is 2. The largest absolute Gasteiger partial charge is 0.461 e. The Morgan fingerprint density at radius 2 is 2.12 bits per heavy atom. The summed E-state index contributed by atoms with van der Waals surface area (Å²) in [5, 5.41) is 14.0. The van der Waals surface area contributed by atoms with Crippen LogP contribution in [-0.4, -0.2) is 47.0 Å². The fourth-order valence-corrected chi connectivity index (χ4v) is 3.14. The van der Waals surface area contributed by atoms with Crippen molar-refractivity contribution >= 4 is 29.4 Å². The second-order valence-electron chi connectivity index (χ2n) is 5.59. The molecule has 1 N–H and O–H groups in total. The third-order valence-corrected chi connectivity index (χ3v) is 4.95. The molecule has 1 heterocycles. The number of esters is 1. The van der Waals surface area contributed by atoms with Crippen LogP contribution < -0.4 is 5.32 Å². The summed E-state index contributed by atoms with van der Waals surface area (Å²) in [6.45, 7) is 3.86. The van der Waals surface area contributed by atoms with Gasteiger partial charge in [0.15, 0.2) is 0 Å². The molecule has 1 aliphatic rings. The van der Waals surface area contributed by atoms with Gasteiger partial charge in [-0.3, -0.25) is 10.1 Å². The number of nitrogens with zero attached hydrogens (tertiary/aromatic N) is 2. The average Bonchev–Trinajstić information content (AvgIpc) is 2.62. The Morgan fingerprint density at radius 3 is 2.77 bits per heavy atom. The van der Waals surface area contributed by atoms with Gasteiger partial charge in [0.25, 0.3) is 5.69 Å². The number of para-hydroxylation sites is 1. The van der Waals surface area contributed by atoms with Crippen molar-refractivity contribution in [2.24, 2.45) is 0 Å². The number of carbonyl (C=O) groups excluding carboxylic acids is 2. The maximum atomic E-state index is 12.7. The molecule has 140 valence electrons. The number of rotatable bonds is 7. The molecule has 0 bridgehead atoms. The van der Waals surface area contributed by atoms with Crippen LogP contribution in [0.3, 0.4) is 0 Å². The number of hydrogen-bond donors (Lipinski definition) is 1. The van der Waals surface area contributed by atoms with E-state index in [9.17, 15) is 19.7 Å². The van der Waals surface area contributed by atoms with Crippen molar-refractivity contribution in [2.45, 2.75) is 19.9 Å². The van der Waals surface area contributed by atoms with Gasteiger partial charge >= 0.3 is 12.0 Å². The number of hydrogen-bond acceptors (Lipinski definition) is 6. The third-order valence-electron chi connectivity index (χ3n) is 4.08. The molecule has 2 amide bonds. The van der Waals surface area contributed by atoms with Crippen LogP contribution in [0, 0.1) is 10.1 Å². The van der Waals surface area contributed by atoms with Crippen molar-refractivity contribution in [1.29, 1.82) is 0 Å². The molecule has 0 unspecified atom stereocenters. The summed E-state index contributed by atoms with van der Waals surface area (Å²) in [4.78, 5) is 37.0. The Morgan fingerprint density at radius 1 is 1.42 bits per heavy atom. The topological polar surface area (TPSA) is 102 Å². The molecule has 26 heavy (non-hydrogen) atoms. The van der Waals surface area contributed by atoms with Crippen LogP contribution in [0.1, 0.15) is 25.5 Å². The van der Waals surface area contributed by atoms with Crippen molar-refractivity contribution in [3.05, 3.63) is 51.2 Å². The number of ether oxygens (including phenoxy) is 1. The molecule has 1 aromatic rings. The van der Waals surface area contributed by atoms with Gasteiger partial charge in [0.2, 0.25) is 0 Å². The first kappa shape index (κ1) is 19.8. The zero-order chi connectivity index (χ0) is 19.3. The van der Waals surface area contributed by atoms with Gasteiger partial charge in [-0.2, -0.15) is 11.8 Å². The fourth-order valence-electron chi connectivity index (χ4n) is 2.65. The highest BCUT2D eigenvalue weighted by Crippen LogP contribution is 2.35. The van der Waals surface area contributed by atoms with E-state index in [2.05, 4.69) is 5.32 Å². The number of nitro groups is 1. The van der Waals surface area contributed by atoms with Crippen LogP contribution in [0.5, 0.6) is 0 Å². The Kier molecular flexibility index (Phi) is 6.62. The van der Waals surface area contributed by atoms with Gasteiger partial charge < -0.3 is 15.0 Å². The van der Waals surface area contributed by atoms with Crippen molar-refractivity contribution < 1.29 is 19.2 Å². The predicted octanol–water partition coefficient (Wildman–Crippen LogP) is 2.86. The predicted molar refractivity (Wildman–Crippen MR) is 98.8 cm³/mol. The molecule has 0 aliphatic carbocycles. The minimum Gasteiger partial charge on any atom is -0.461 e. The van der Waals surface area contributed by atoms with Gasteiger partial charge in [0.05, 0.1) is 22.1 Å². The van der Waals surface area contributed by atoms with Crippen LogP contribution in [0.2, 0.25) is 0 Å². The molecule has 0 saturated carbocycles. The third kappa shape index (κ3) is 4.16. The van der Waals surface area contributed by atoms with Crippen LogP contribution in [0.4, 0.5) is 10.5 Å². The van der Waals surface area contributed by atoms with Crippen molar-refractivity contribution in [3.63, 3.8) is 0 Å². The van der Waals surface area contributed by atoms with E-state index in [0.29, 0.717) is 11.4 Å². The molecule has 0 spiro atoms. The average molecular weight is 379 g/mol. The molecule has 0 saturated heterocycles. The number of nitrogens with one attached hydrogen (secondary N) is 1. The first-order chi connectivity index (χ1) is 12.4. The minimum absolute atomic E-state index is 0.165. The number of allylic oxidation sites excluding steroid dienone is 1. The van der Waals surface area contributed by atoms with Gasteiger partial charge in [0.1, 0.15) is 6.61 Å². The number of benzene rings is 1. The number of urea groups is 1. The molecule has 0 aromatic heterocycles. The summed E-state index contributed by atoms with van der Waals surface area (Å²) < 4.78 is 5.32. The molecule has 1 atom stereocenters. The highest BCUT2D eigenvalue weighted by Gasteiger charge is 2.37. The molecule has 1 aliphatic heterocycles. The Hall–Kier alpha value is -2.55. The summed E-state index contributed by atoms with van der Waals surface area (Å²) in [5.41, 5.74) is 0.683. The van der Waals surface area contributed by atoms with Crippen molar-refractivity contribution in [1.82, 2.24) is 10.2 Å². The van der Waals surface area contributed by atoms with E-state index in [1.807, 2.05) is 6.92 Å². The smallest absolute Gasteiger partial charge is 0.338 e. The van der Waals surface area contributed by atoms with E-state index in [4.69, 9.17) is 4.74 Å². The second-order valence-corrected chi connectivity index (χ2v) is 6.98. The maximum Gasteiger partial charge on any atom is 0.338 e. The van der Waals surface area contributed by atoms with E-state index >= 15 is 0 Å². The first-order valence-electron chi connectivity index (χ1n) is 8.11. The quantitative estimate of drug-likeness (QED) is 0.338. The molecule has 8 nitrogen and oxygen atoms in total. The molecule has 1 aromatic carbocycles. The van der Waals surface area contributed by atoms with Crippen LogP contribution in [0.25, 0.3) is 0 Å². The summed E-state index contributed by atoms with van der Waals surface area (Å²) in [6, 6.07) is 4.66. The lowest BCUT2D eigenvalue weighted by Gasteiger charge is -2.33. The fraction of sp³-hybridized carbons (Fsp3) is 0.412. The zero-order valence-corrected chi connectivity index (χ0v) is 15.7. The summed E-state index contributed by atoms with van der Waals surface area (Å²) in [5.74, 6) is 0.985. The van der Waals surface area contributed by atoms with Gasteiger partial charge in [-0.15, -0.1) is 0 Å². The second kappa shape index (κ2) is 8.70. The lowest BCUT2D eigenvalue weighted by molar-refractivity contribution is -0.385. The number of nitro benzene ring substituents is 1. The van der Waals surface area contributed by atoms with Gasteiger partial charge in [-0.25, -0.2) is 9.59 Å². The SMILES string of the molecule is CCSCCOC(=O)C1=C(C)N(C)C(=O)N[C@@H]1c1ccccc1[N+](=O)[O-]. The summed E-state index contributed by atoms with van der Waals surface area (Å²) in [6.07, 6.45) is 0. The molecular formula is C17H21N3O5S. The standard InChI is InChI=1S/C17H21N3O5S/c1-4-26-10-9-25-16(21)14-11(2)19(3)17(22)18-15(14)12-7-5-6-8-13(12)20(23)24/h5-8,15H,4,9-10H2,1-3H3,(H,18,22)/t15-/m1/s1.